The molecule has 32 valence electrons. The highest BCUT2D eigenvalue weighted by atomic mass is 79.9. The van der Waals surface area contributed by atoms with Crippen LogP contribution in [-0.2, 0) is 0 Å². The predicted molar refractivity (Wildman–Crippen MR) is 32.3 cm³/mol. The van der Waals surface area contributed by atoms with Gasteiger partial charge in [0.25, 0.3) is 0 Å². The van der Waals surface area contributed by atoms with Crippen molar-refractivity contribution in [1.29, 1.82) is 0 Å². The van der Waals surface area contributed by atoms with Gasteiger partial charge in [-0.3, -0.25) is 0 Å². The Labute approximate surface area is 49.5 Å². The second-order valence-electron chi connectivity index (χ2n) is 0.781. The van der Waals surface area contributed by atoms with Crippen molar-refractivity contribution in [2.45, 2.75) is 6.55 Å². The normalized spacial score (nSPS) is 12.0. The van der Waals surface area contributed by atoms with Crippen molar-refractivity contribution in [3.63, 3.8) is 0 Å². The van der Waals surface area contributed by atoms with E-state index in [1.807, 2.05) is 0 Å². The van der Waals surface area contributed by atoms with Crippen LogP contribution in [0.15, 0.2) is 0 Å². The van der Waals surface area contributed by atoms with E-state index in [2.05, 4.69) is 15.3 Å². The molecule has 0 heterocycles. The van der Waals surface area contributed by atoms with Gasteiger partial charge >= 0.3 is 5.31 Å². The van der Waals surface area contributed by atoms with E-state index in [0.29, 0.717) is 0 Å². The van der Waals surface area contributed by atoms with E-state index in [4.69, 9.17) is 22.2 Å². The van der Waals surface area contributed by atoms with Crippen LogP contribution in [-0.4, -0.2) is 5.31 Å². The third-order valence-electron chi connectivity index (χ3n) is 0. The minimum Gasteiger partial charge on any atom is -0.132 e. The van der Waals surface area contributed by atoms with Crippen LogP contribution in [0.3, 0.4) is 0 Å². The molecule has 4 heteroatoms. The van der Waals surface area contributed by atoms with Crippen molar-refractivity contribution >= 4 is 42.8 Å². The smallest absolute Gasteiger partial charge is 0.132 e. The van der Waals surface area contributed by atoms with Gasteiger partial charge in [-0.05, 0) is 6.55 Å². The van der Waals surface area contributed by atoms with Crippen LogP contribution in [0, 0.1) is 0 Å². The molecule has 0 nitrogen and oxygen atoms in total. The highest BCUT2D eigenvalue weighted by Crippen LogP contribution is 2.20. The zero-order valence-corrected chi connectivity index (χ0v) is 6.73. The van der Waals surface area contributed by atoms with Crippen LogP contribution < -0.4 is 0 Å². The van der Waals surface area contributed by atoms with E-state index in [1.54, 1.807) is 6.55 Å². The topological polar surface area (TPSA) is 0 Å². The Bertz CT molecular complexity index is 25.1. The molecular weight excluding hydrogens is 191 g/mol. The zero-order chi connectivity index (χ0) is 4.50. The van der Waals surface area contributed by atoms with E-state index in [-0.39, 0.29) is 0 Å². The molecule has 0 aliphatic rings. The standard InChI is InChI=1S/CH3BrCl2Si/c1-5(2,3)4/h1H3. The molecule has 0 rings (SSSR count). The van der Waals surface area contributed by atoms with Crippen LogP contribution >= 0.6 is 37.5 Å². The van der Waals surface area contributed by atoms with Gasteiger partial charge in [0.1, 0.15) is 0 Å². The molecule has 0 unspecified atom stereocenters. The van der Waals surface area contributed by atoms with Crippen molar-refractivity contribution in [1.82, 2.24) is 0 Å². The molecule has 0 aromatic heterocycles. The first-order chi connectivity index (χ1) is 2.00. The number of halogens is 3. The summed E-state index contributed by atoms with van der Waals surface area (Å²) in [4.78, 5) is 0. The lowest BCUT2D eigenvalue weighted by Gasteiger charge is -1.90. The Morgan fingerprint density at radius 1 is 1.60 bits per heavy atom. The predicted octanol–water partition coefficient (Wildman–Crippen LogP) is 2.43. The van der Waals surface area contributed by atoms with E-state index < -0.39 is 5.31 Å². The molecule has 0 amide bonds. The monoisotopic (exact) mass is 192 g/mol. The molecule has 0 bridgehead atoms. The molecule has 0 N–H and O–H groups in total. The van der Waals surface area contributed by atoms with Crippen molar-refractivity contribution in [3.8, 4) is 0 Å². The molecule has 0 aliphatic carbocycles. The maximum atomic E-state index is 5.35. The van der Waals surface area contributed by atoms with Gasteiger partial charge in [-0.2, -0.15) is 0 Å². The highest BCUT2D eigenvalue weighted by molar-refractivity contribution is 9.29. The molecule has 0 saturated heterocycles. The largest absolute Gasteiger partial charge is 0.314 e. The molecule has 0 aromatic carbocycles. The Morgan fingerprint density at radius 2 is 1.60 bits per heavy atom. The summed E-state index contributed by atoms with van der Waals surface area (Å²) in [6.45, 7) is 1.77. The summed E-state index contributed by atoms with van der Waals surface area (Å²) in [5.41, 5.74) is 0. The summed E-state index contributed by atoms with van der Waals surface area (Å²) in [5, 5.41) is -1.85. The first kappa shape index (κ1) is 6.28. The van der Waals surface area contributed by atoms with E-state index >= 15 is 0 Å². The average molecular weight is 194 g/mol. The maximum Gasteiger partial charge on any atom is 0.314 e. The number of hydrogen-bond acceptors (Lipinski definition) is 0. The summed E-state index contributed by atoms with van der Waals surface area (Å²) in [6.07, 6.45) is 0. The maximum absolute atomic E-state index is 5.35. The summed E-state index contributed by atoms with van der Waals surface area (Å²) < 4.78 is 0. The van der Waals surface area contributed by atoms with Gasteiger partial charge in [0.2, 0.25) is 0 Å². The minimum atomic E-state index is -1.85. The Kier molecular flexibility index (Phi) is 2.29. The molecule has 0 radical (unpaired) electrons. The van der Waals surface area contributed by atoms with Crippen LogP contribution in [0.25, 0.3) is 0 Å². The van der Waals surface area contributed by atoms with Gasteiger partial charge in [-0.15, -0.1) is 22.2 Å². The van der Waals surface area contributed by atoms with Crippen LogP contribution in [0.4, 0.5) is 0 Å². The number of hydrogen-bond donors (Lipinski definition) is 0. The lowest BCUT2D eigenvalue weighted by Crippen LogP contribution is -1.95. The fraction of sp³-hybridized carbons (Fsp3) is 1.00. The van der Waals surface area contributed by atoms with E-state index in [0.717, 1.165) is 0 Å². The molecule has 0 fully saturated rings. The van der Waals surface area contributed by atoms with Gasteiger partial charge in [-0.1, -0.05) is 15.3 Å². The summed E-state index contributed by atoms with van der Waals surface area (Å²) in [5.74, 6) is 0. The second kappa shape index (κ2) is 1.82. The van der Waals surface area contributed by atoms with Gasteiger partial charge in [0.15, 0.2) is 0 Å². The Balaban J connectivity index is 3.02. The SMILES string of the molecule is C[Si](Cl)(Cl)Br. The fourth-order valence-corrected chi connectivity index (χ4v) is 0. The van der Waals surface area contributed by atoms with E-state index in [9.17, 15) is 0 Å². The van der Waals surface area contributed by atoms with E-state index in [1.165, 1.54) is 0 Å². The van der Waals surface area contributed by atoms with Gasteiger partial charge in [-0.25, -0.2) is 0 Å². The summed E-state index contributed by atoms with van der Waals surface area (Å²) >= 11 is 13.7. The van der Waals surface area contributed by atoms with Crippen molar-refractivity contribution in [3.05, 3.63) is 0 Å². The minimum absolute atomic E-state index is 1.77. The molecule has 0 atom stereocenters. The first-order valence-electron chi connectivity index (χ1n) is 1.07. The van der Waals surface area contributed by atoms with Crippen LogP contribution in [0.1, 0.15) is 0 Å². The first-order valence-corrected chi connectivity index (χ1v) is 7.85. The van der Waals surface area contributed by atoms with Crippen LogP contribution in [0.5, 0.6) is 0 Å². The third-order valence-corrected chi connectivity index (χ3v) is 0. The van der Waals surface area contributed by atoms with Crippen molar-refractivity contribution in [2.75, 3.05) is 0 Å². The quantitative estimate of drug-likeness (QED) is 0.410. The Hall–Kier alpha value is 1.28. The summed E-state index contributed by atoms with van der Waals surface area (Å²) in [6, 6.07) is 0. The zero-order valence-electron chi connectivity index (χ0n) is 2.63. The Morgan fingerprint density at radius 3 is 1.60 bits per heavy atom. The van der Waals surface area contributed by atoms with Gasteiger partial charge in [0.05, 0.1) is 0 Å². The third kappa shape index (κ3) is 34.8. The average Bonchev–Trinajstić information content (AvgIpc) is 0.722. The molecule has 5 heavy (non-hydrogen) atoms. The molecule has 0 aliphatic heterocycles. The number of rotatable bonds is 0. The molecule has 0 spiro atoms. The lowest BCUT2D eigenvalue weighted by atomic mass is 11.9. The molecule has 0 saturated carbocycles. The van der Waals surface area contributed by atoms with Crippen LogP contribution in [0.2, 0.25) is 6.55 Å². The van der Waals surface area contributed by atoms with Crippen molar-refractivity contribution < 1.29 is 0 Å². The highest BCUT2D eigenvalue weighted by Gasteiger charge is 2.12. The van der Waals surface area contributed by atoms with Crippen molar-refractivity contribution in [2.24, 2.45) is 0 Å². The summed E-state index contributed by atoms with van der Waals surface area (Å²) in [7, 11) is 0. The van der Waals surface area contributed by atoms with Gasteiger partial charge in [0, 0.05) is 0 Å². The second-order valence-corrected chi connectivity index (χ2v) is 15.0. The lowest BCUT2D eigenvalue weighted by molar-refractivity contribution is 2.32. The fourth-order valence-electron chi connectivity index (χ4n) is 0. The van der Waals surface area contributed by atoms with Gasteiger partial charge < -0.3 is 0 Å². The molecule has 0 aromatic rings. The molecular formula is CH3BrCl2Si.